The van der Waals surface area contributed by atoms with Gasteiger partial charge in [-0.15, -0.1) is 10.2 Å². The van der Waals surface area contributed by atoms with Crippen molar-refractivity contribution in [1.29, 1.82) is 0 Å². The summed E-state index contributed by atoms with van der Waals surface area (Å²) in [6.45, 7) is 1.42. The summed E-state index contributed by atoms with van der Waals surface area (Å²) < 4.78 is 7.69. The number of hydrogen-bond donors (Lipinski definition) is 1. The summed E-state index contributed by atoms with van der Waals surface area (Å²) in [6, 6.07) is 7.94. The van der Waals surface area contributed by atoms with Gasteiger partial charge >= 0.3 is 0 Å². The Morgan fingerprint density at radius 2 is 2.14 bits per heavy atom. The first-order valence-electron chi connectivity index (χ1n) is 7.75. The van der Waals surface area contributed by atoms with Crippen molar-refractivity contribution >= 4 is 11.9 Å². The quantitative estimate of drug-likeness (QED) is 0.919. The third-order valence-electron chi connectivity index (χ3n) is 4.33. The number of carbonyl (C=O) groups is 1. The highest BCUT2D eigenvalue weighted by Crippen LogP contribution is 2.28. The van der Waals surface area contributed by atoms with Crippen LogP contribution in [0.2, 0.25) is 0 Å². The second kappa shape index (κ2) is 5.53. The number of aryl methyl sites for hydroxylation is 1. The number of amides is 1. The smallest absolute Gasteiger partial charge is 0.260 e. The minimum absolute atomic E-state index is 0.173. The molecule has 2 aliphatic rings. The Kier molecular flexibility index (Phi) is 3.38. The van der Waals surface area contributed by atoms with E-state index in [1.165, 1.54) is 5.56 Å². The first-order chi connectivity index (χ1) is 10.8. The van der Waals surface area contributed by atoms with Gasteiger partial charge in [-0.2, -0.15) is 0 Å². The number of aromatic nitrogens is 3. The van der Waals surface area contributed by atoms with E-state index in [4.69, 9.17) is 4.74 Å². The molecular weight excluding hydrogens is 280 g/mol. The molecule has 1 aromatic heterocycles. The van der Waals surface area contributed by atoms with Gasteiger partial charge in [0.25, 0.3) is 5.91 Å². The van der Waals surface area contributed by atoms with Crippen molar-refractivity contribution in [3.05, 3.63) is 41.2 Å². The highest BCUT2D eigenvalue weighted by molar-refractivity contribution is 5.93. The number of benzene rings is 1. The Balaban J connectivity index is 1.57. The summed E-state index contributed by atoms with van der Waals surface area (Å²) in [5, 5.41) is 11.2. The summed E-state index contributed by atoms with van der Waals surface area (Å²) in [4.78, 5) is 12.6. The van der Waals surface area contributed by atoms with E-state index in [0.29, 0.717) is 12.6 Å². The lowest BCUT2D eigenvalue weighted by molar-refractivity contribution is -0.128. The van der Waals surface area contributed by atoms with E-state index in [-0.39, 0.29) is 5.91 Å². The predicted octanol–water partition coefficient (Wildman–Crippen LogP) is 1.87. The largest absolute Gasteiger partial charge is 0.363 e. The SMILES string of the molecule is O=C(Nc1nnc2n1CCCC2)[C@@H]1OCCc2ccccc21. The molecule has 6 heteroatoms. The zero-order valence-corrected chi connectivity index (χ0v) is 12.3. The fraction of sp³-hybridized carbons (Fsp3) is 0.438. The Bertz CT molecular complexity index is 710. The third-order valence-corrected chi connectivity index (χ3v) is 4.33. The van der Waals surface area contributed by atoms with Gasteiger partial charge in [-0.05, 0) is 30.4 Å². The minimum atomic E-state index is -0.568. The maximum atomic E-state index is 12.6. The molecule has 1 N–H and O–H groups in total. The molecule has 2 aromatic rings. The number of hydrogen-bond acceptors (Lipinski definition) is 4. The predicted molar refractivity (Wildman–Crippen MR) is 80.4 cm³/mol. The van der Waals surface area contributed by atoms with Crippen LogP contribution in [0.4, 0.5) is 5.95 Å². The molecule has 0 saturated heterocycles. The van der Waals surface area contributed by atoms with Gasteiger partial charge in [-0.1, -0.05) is 24.3 Å². The lowest BCUT2D eigenvalue weighted by atomic mass is 9.97. The van der Waals surface area contributed by atoms with Gasteiger partial charge in [-0.3, -0.25) is 14.7 Å². The van der Waals surface area contributed by atoms with Gasteiger partial charge in [0.1, 0.15) is 5.82 Å². The summed E-state index contributed by atoms with van der Waals surface area (Å²) in [6.07, 6.45) is 3.43. The summed E-state index contributed by atoms with van der Waals surface area (Å²) in [5.41, 5.74) is 2.13. The highest BCUT2D eigenvalue weighted by atomic mass is 16.5. The number of nitrogens with one attached hydrogen (secondary N) is 1. The lowest BCUT2D eigenvalue weighted by Gasteiger charge is -2.25. The van der Waals surface area contributed by atoms with Gasteiger partial charge in [0.2, 0.25) is 5.95 Å². The molecule has 114 valence electrons. The van der Waals surface area contributed by atoms with E-state index in [1.54, 1.807) is 0 Å². The van der Waals surface area contributed by atoms with Crippen LogP contribution in [-0.2, 0) is 28.9 Å². The van der Waals surface area contributed by atoms with Crippen LogP contribution in [0.1, 0.15) is 35.9 Å². The van der Waals surface area contributed by atoms with Crippen molar-refractivity contribution in [3.8, 4) is 0 Å². The van der Waals surface area contributed by atoms with Crippen LogP contribution < -0.4 is 5.32 Å². The summed E-state index contributed by atoms with van der Waals surface area (Å²) in [7, 11) is 0. The van der Waals surface area contributed by atoms with E-state index < -0.39 is 6.10 Å². The molecule has 0 saturated carbocycles. The Morgan fingerprint density at radius 3 is 3.09 bits per heavy atom. The van der Waals surface area contributed by atoms with Crippen molar-refractivity contribution in [1.82, 2.24) is 14.8 Å². The lowest BCUT2D eigenvalue weighted by Crippen LogP contribution is -2.29. The van der Waals surface area contributed by atoms with Crippen molar-refractivity contribution in [3.63, 3.8) is 0 Å². The number of ether oxygens (including phenoxy) is 1. The Hall–Kier alpha value is -2.21. The molecule has 1 atom stereocenters. The van der Waals surface area contributed by atoms with Crippen molar-refractivity contribution in [2.45, 2.75) is 38.3 Å². The Labute approximate surface area is 128 Å². The summed E-state index contributed by atoms with van der Waals surface area (Å²) >= 11 is 0. The van der Waals surface area contributed by atoms with Gasteiger partial charge in [-0.25, -0.2) is 0 Å². The third kappa shape index (κ3) is 2.29. The van der Waals surface area contributed by atoms with Crippen LogP contribution >= 0.6 is 0 Å². The number of anilines is 1. The molecule has 0 bridgehead atoms. The van der Waals surface area contributed by atoms with E-state index in [0.717, 1.165) is 43.6 Å². The maximum Gasteiger partial charge on any atom is 0.260 e. The van der Waals surface area contributed by atoms with Crippen molar-refractivity contribution < 1.29 is 9.53 Å². The highest BCUT2D eigenvalue weighted by Gasteiger charge is 2.28. The standard InChI is InChI=1S/C16H18N4O2/c21-15(14-12-6-2-1-5-11(12)8-10-22-14)17-16-19-18-13-7-3-4-9-20(13)16/h1-2,5-6,14H,3-4,7-10H2,(H,17,19,21)/t14-/m1/s1. The molecule has 0 spiro atoms. The zero-order chi connectivity index (χ0) is 14.9. The second-order valence-corrected chi connectivity index (χ2v) is 5.74. The number of fused-ring (bicyclic) bond motifs is 2. The van der Waals surface area contributed by atoms with E-state index in [2.05, 4.69) is 21.6 Å². The van der Waals surface area contributed by atoms with Crippen molar-refractivity contribution in [2.24, 2.45) is 0 Å². The Morgan fingerprint density at radius 1 is 1.23 bits per heavy atom. The molecule has 22 heavy (non-hydrogen) atoms. The fourth-order valence-corrected chi connectivity index (χ4v) is 3.19. The molecule has 4 rings (SSSR count). The molecular formula is C16H18N4O2. The number of nitrogens with zero attached hydrogens (tertiary/aromatic N) is 3. The zero-order valence-electron chi connectivity index (χ0n) is 12.3. The average molecular weight is 298 g/mol. The molecule has 0 fully saturated rings. The fourth-order valence-electron chi connectivity index (χ4n) is 3.19. The monoisotopic (exact) mass is 298 g/mol. The average Bonchev–Trinajstić information content (AvgIpc) is 2.97. The van der Waals surface area contributed by atoms with Crippen LogP contribution in [0.3, 0.4) is 0 Å². The maximum absolute atomic E-state index is 12.6. The van der Waals surface area contributed by atoms with Crippen molar-refractivity contribution in [2.75, 3.05) is 11.9 Å². The van der Waals surface area contributed by atoms with Gasteiger partial charge in [0, 0.05) is 13.0 Å². The normalized spacial score (nSPS) is 20.1. The van der Waals surface area contributed by atoms with Crippen LogP contribution in [0.5, 0.6) is 0 Å². The number of carbonyl (C=O) groups excluding carboxylic acids is 1. The number of rotatable bonds is 2. The minimum Gasteiger partial charge on any atom is -0.363 e. The molecule has 1 aromatic carbocycles. The van der Waals surface area contributed by atoms with Crippen LogP contribution in [0.15, 0.2) is 24.3 Å². The van der Waals surface area contributed by atoms with E-state index in [1.807, 2.05) is 22.8 Å². The second-order valence-electron chi connectivity index (χ2n) is 5.74. The van der Waals surface area contributed by atoms with Gasteiger partial charge < -0.3 is 4.74 Å². The molecule has 6 nitrogen and oxygen atoms in total. The van der Waals surface area contributed by atoms with Crippen LogP contribution in [0, 0.1) is 0 Å². The summed E-state index contributed by atoms with van der Waals surface area (Å²) in [5.74, 6) is 1.31. The molecule has 2 aliphatic heterocycles. The van der Waals surface area contributed by atoms with Crippen LogP contribution in [0.25, 0.3) is 0 Å². The molecule has 0 radical (unpaired) electrons. The molecule has 1 amide bonds. The topological polar surface area (TPSA) is 69.0 Å². The van der Waals surface area contributed by atoms with Gasteiger partial charge in [0.05, 0.1) is 6.61 Å². The molecule has 0 unspecified atom stereocenters. The molecule has 3 heterocycles. The first-order valence-corrected chi connectivity index (χ1v) is 7.75. The van der Waals surface area contributed by atoms with E-state index in [9.17, 15) is 4.79 Å². The molecule has 0 aliphatic carbocycles. The van der Waals surface area contributed by atoms with Crippen LogP contribution in [-0.4, -0.2) is 27.3 Å². The van der Waals surface area contributed by atoms with Gasteiger partial charge in [0.15, 0.2) is 6.10 Å². The first kappa shape index (κ1) is 13.5. The van der Waals surface area contributed by atoms with E-state index >= 15 is 0 Å².